The summed E-state index contributed by atoms with van der Waals surface area (Å²) in [5.74, 6) is 1.50. The Labute approximate surface area is 105 Å². The second-order valence-electron chi connectivity index (χ2n) is 4.55. The smallest absolute Gasteiger partial charge is 0.159 e. The van der Waals surface area contributed by atoms with E-state index in [1.54, 1.807) is 12.4 Å². The summed E-state index contributed by atoms with van der Waals surface area (Å²) in [6.07, 6.45) is 8.45. The van der Waals surface area contributed by atoms with E-state index in [-0.39, 0.29) is 0 Å². The minimum Gasteiger partial charge on any atom is -0.487 e. The third kappa shape index (κ3) is 2.67. The highest BCUT2D eigenvalue weighted by molar-refractivity contribution is 9.10. The predicted molar refractivity (Wildman–Crippen MR) is 68.4 cm³/mol. The van der Waals surface area contributed by atoms with Gasteiger partial charge in [0.25, 0.3) is 0 Å². The Hall–Kier alpha value is -0.770. The molecule has 3 nitrogen and oxygen atoms in total. The molecule has 0 spiro atoms. The van der Waals surface area contributed by atoms with Crippen LogP contribution in [0.15, 0.2) is 16.9 Å². The standard InChI is InChI=1S/C12H17BrN2O/c1-8-3-2-4-9(5-8)16-12-10(13)6-15-7-11(12)14/h6-9H,2-5,14H2,1H3. The molecule has 0 radical (unpaired) electrons. The number of ether oxygens (including phenoxy) is 1. The molecular formula is C12H17BrN2O. The van der Waals surface area contributed by atoms with Crippen LogP contribution in [0.25, 0.3) is 0 Å². The number of hydrogen-bond donors (Lipinski definition) is 1. The topological polar surface area (TPSA) is 48.1 Å². The molecule has 1 saturated carbocycles. The van der Waals surface area contributed by atoms with E-state index >= 15 is 0 Å². The van der Waals surface area contributed by atoms with E-state index < -0.39 is 0 Å². The zero-order chi connectivity index (χ0) is 11.5. The fourth-order valence-electron chi connectivity index (χ4n) is 2.21. The quantitative estimate of drug-likeness (QED) is 0.906. The van der Waals surface area contributed by atoms with Crippen LogP contribution in [0, 0.1) is 5.92 Å². The number of nitrogens with zero attached hydrogens (tertiary/aromatic N) is 1. The van der Waals surface area contributed by atoms with E-state index in [1.165, 1.54) is 12.8 Å². The molecule has 4 heteroatoms. The van der Waals surface area contributed by atoms with E-state index in [0.717, 1.165) is 29.0 Å². The molecular weight excluding hydrogens is 268 g/mol. The predicted octanol–water partition coefficient (Wildman–Crippen LogP) is 3.38. The number of nitrogens with two attached hydrogens (primary N) is 1. The molecule has 1 aromatic rings. The lowest BCUT2D eigenvalue weighted by Gasteiger charge is -2.28. The Bertz CT molecular complexity index is 350. The molecule has 1 aliphatic carbocycles. The number of halogens is 1. The normalized spacial score (nSPS) is 25.4. The number of aromatic nitrogens is 1. The first-order valence-corrected chi connectivity index (χ1v) is 6.51. The molecule has 88 valence electrons. The van der Waals surface area contributed by atoms with E-state index in [2.05, 4.69) is 27.8 Å². The molecule has 2 rings (SSSR count). The number of anilines is 1. The summed E-state index contributed by atoms with van der Waals surface area (Å²) in [6, 6.07) is 0. The molecule has 0 saturated heterocycles. The zero-order valence-corrected chi connectivity index (χ0v) is 11.0. The minimum absolute atomic E-state index is 0.296. The lowest BCUT2D eigenvalue weighted by Crippen LogP contribution is -2.24. The second kappa shape index (κ2) is 5.04. The van der Waals surface area contributed by atoms with Gasteiger partial charge >= 0.3 is 0 Å². The first kappa shape index (κ1) is 11.7. The fourth-order valence-corrected chi connectivity index (χ4v) is 2.66. The van der Waals surface area contributed by atoms with Gasteiger partial charge in [-0.3, -0.25) is 4.98 Å². The minimum atomic E-state index is 0.296. The lowest BCUT2D eigenvalue weighted by atomic mass is 9.89. The molecule has 0 amide bonds. The van der Waals surface area contributed by atoms with Crippen molar-refractivity contribution in [2.45, 2.75) is 38.7 Å². The molecule has 1 aliphatic rings. The molecule has 0 aliphatic heterocycles. The summed E-state index contributed by atoms with van der Waals surface area (Å²) in [7, 11) is 0. The summed E-state index contributed by atoms with van der Waals surface area (Å²) >= 11 is 3.42. The first-order valence-electron chi connectivity index (χ1n) is 5.72. The lowest BCUT2D eigenvalue weighted by molar-refractivity contribution is 0.129. The van der Waals surface area contributed by atoms with Gasteiger partial charge in [-0.15, -0.1) is 0 Å². The van der Waals surface area contributed by atoms with Gasteiger partial charge in [-0.1, -0.05) is 13.3 Å². The van der Waals surface area contributed by atoms with Crippen molar-refractivity contribution in [2.24, 2.45) is 5.92 Å². The third-order valence-corrected chi connectivity index (χ3v) is 3.62. The van der Waals surface area contributed by atoms with Crippen molar-refractivity contribution in [2.75, 3.05) is 5.73 Å². The average Bonchev–Trinajstić information content (AvgIpc) is 2.24. The number of nitrogen functional groups attached to an aromatic ring is 1. The fraction of sp³-hybridized carbons (Fsp3) is 0.583. The highest BCUT2D eigenvalue weighted by Gasteiger charge is 2.21. The zero-order valence-electron chi connectivity index (χ0n) is 9.45. The van der Waals surface area contributed by atoms with Crippen LogP contribution in [0.1, 0.15) is 32.6 Å². The number of hydrogen-bond acceptors (Lipinski definition) is 3. The Balaban J connectivity index is 2.08. The van der Waals surface area contributed by atoms with Crippen molar-refractivity contribution in [3.05, 3.63) is 16.9 Å². The molecule has 2 unspecified atom stereocenters. The van der Waals surface area contributed by atoms with E-state index in [1.807, 2.05) is 0 Å². The number of pyridine rings is 1. The van der Waals surface area contributed by atoms with Gasteiger partial charge in [0.1, 0.15) is 0 Å². The van der Waals surface area contributed by atoms with Crippen molar-refractivity contribution in [3.8, 4) is 5.75 Å². The van der Waals surface area contributed by atoms with Crippen molar-refractivity contribution >= 4 is 21.6 Å². The van der Waals surface area contributed by atoms with Gasteiger partial charge in [0.05, 0.1) is 22.5 Å². The van der Waals surface area contributed by atoms with Gasteiger partial charge in [-0.2, -0.15) is 0 Å². The van der Waals surface area contributed by atoms with Crippen LogP contribution in [0.5, 0.6) is 5.75 Å². The Morgan fingerprint density at radius 2 is 2.25 bits per heavy atom. The summed E-state index contributed by atoms with van der Waals surface area (Å²) in [4.78, 5) is 4.00. The molecule has 1 aromatic heterocycles. The highest BCUT2D eigenvalue weighted by atomic mass is 79.9. The van der Waals surface area contributed by atoms with Crippen LogP contribution in [0.4, 0.5) is 5.69 Å². The van der Waals surface area contributed by atoms with E-state index in [4.69, 9.17) is 10.5 Å². The highest BCUT2D eigenvalue weighted by Crippen LogP contribution is 2.34. The summed E-state index contributed by atoms with van der Waals surface area (Å²) in [5, 5.41) is 0. The number of rotatable bonds is 2. The first-order chi connectivity index (χ1) is 7.66. The maximum absolute atomic E-state index is 5.98. The molecule has 2 N–H and O–H groups in total. The van der Waals surface area contributed by atoms with Crippen LogP contribution in [-0.4, -0.2) is 11.1 Å². The van der Waals surface area contributed by atoms with Gasteiger partial charge in [0.15, 0.2) is 5.75 Å². The Morgan fingerprint density at radius 3 is 2.94 bits per heavy atom. The molecule has 2 atom stereocenters. The maximum Gasteiger partial charge on any atom is 0.159 e. The summed E-state index contributed by atoms with van der Waals surface area (Å²) < 4.78 is 6.81. The van der Waals surface area contributed by atoms with Gasteiger partial charge in [-0.25, -0.2) is 0 Å². The second-order valence-corrected chi connectivity index (χ2v) is 5.41. The molecule has 1 fully saturated rings. The molecule has 0 bridgehead atoms. The van der Waals surface area contributed by atoms with Crippen LogP contribution in [-0.2, 0) is 0 Å². The Morgan fingerprint density at radius 1 is 1.44 bits per heavy atom. The monoisotopic (exact) mass is 284 g/mol. The van der Waals surface area contributed by atoms with E-state index in [9.17, 15) is 0 Å². The third-order valence-electron chi connectivity index (χ3n) is 3.05. The largest absolute Gasteiger partial charge is 0.487 e. The van der Waals surface area contributed by atoms with Gasteiger partial charge < -0.3 is 10.5 Å². The van der Waals surface area contributed by atoms with Crippen molar-refractivity contribution < 1.29 is 4.74 Å². The summed E-state index contributed by atoms with van der Waals surface area (Å²) in [5.41, 5.74) is 6.46. The van der Waals surface area contributed by atoms with Gasteiger partial charge in [0.2, 0.25) is 0 Å². The van der Waals surface area contributed by atoms with Crippen molar-refractivity contribution in [1.29, 1.82) is 0 Å². The van der Waals surface area contributed by atoms with E-state index in [0.29, 0.717) is 11.8 Å². The SMILES string of the molecule is CC1CCCC(Oc2c(N)cncc2Br)C1. The van der Waals surface area contributed by atoms with Crippen LogP contribution in [0.2, 0.25) is 0 Å². The van der Waals surface area contributed by atoms with Crippen LogP contribution >= 0.6 is 15.9 Å². The van der Waals surface area contributed by atoms with Crippen LogP contribution in [0.3, 0.4) is 0 Å². The maximum atomic E-state index is 5.98. The van der Waals surface area contributed by atoms with Gasteiger partial charge in [-0.05, 0) is 41.1 Å². The summed E-state index contributed by atoms with van der Waals surface area (Å²) in [6.45, 7) is 2.28. The molecule has 1 heterocycles. The Kier molecular flexibility index (Phi) is 3.69. The van der Waals surface area contributed by atoms with Crippen molar-refractivity contribution in [3.63, 3.8) is 0 Å². The van der Waals surface area contributed by atoms with Gasteiger partial charge in [0, 0.05) is 6.20 Å². The molecule has 16 heavy (non-hydrogen) atoms. The van der Waals surface area contributed by atoms with Crippen LogP contribution < -0.4 is 10.5 Å². The molecule has 0 aromatic carbocycles. The average molecular weight is 285 g/mol. The van der Waals surface area contributed by atoms with Crippen molar-refractivity contribution in [1.82, 2.24) is 4.98 Å².